The van der Waals surface area contributed by atoms with Gasteiger partial charge in [0, 0.05) is 5.69 Å². The van der Waals surface area contributed by atoms with Crippen LogP contribution < -0.4 is 5.32 Å². The van der Waals surface area contributed by atoms with Crippen molar-refractivity contribution < 1.29 is 4.79 Å². The number of hydrogen-bond acceptors (Lipinski definition) is 1. The number of carbonyl (C=O) groups is 1. The van der Waals surface area contributed by atoms with Gasteiger partial charge in [0.25, 0.3) is 0 Å². The zero-order valence-corrected chi connectivity index (χ0v) is 11.8. The van der Waals surface area contributed by atoms with Gasteiger partial charge in [-0.2, -0.15) is 0 Å². The molecule has 0 unspecified atom stereocenters. The molecule has 1 N–H and O–H groups in total. The maximum Gasteiger partial charge on any atom is 0.240 e. The van der Waals surface area contributed by atoms with Crippen LogP contribution in [0, 0.1) is 6.92 Å². The van der Waals surface area contributed by atoms with Crippen molar-refractivity contribution in [2.45, 2.75) is 38.4 Å². The number of benzene rings is 1. The maximum atomic E-state index is 11.9. The molecule has 0 radical (unpaired) electrons. The van der Waals surface area contributed by atoms with Crippen LogP contribution in [-0.4, -0.2) is 10.2 Å². The fraction of sp³-hybridized carbons (Fsp3) is 0.462. The molecule has 0 aliphatic carbocycles. The van der Waals surface area contributed by atoms with Gasteiger partial charge in [0.05, 0.1) is 4.32 Å². The Morgan fingerprint density at radius 2 is 2.06 bits per heavy atom. The van der Waals surface area contributed by atoms with E-state index in [0.29, 0.717) is 0 Å². The number of rotatable bonds is 3. The second-order valence-electron chi connectivity index (χ2n) is 4.39. The quantitative estimate of drug-likeness (QED) is 0.843. The molecule has 1 aromatic carbocycles. The lowest BCUT2D eigenvalue weighted by molar-refractivity contribution is -0.117. The molecule has 0 spiro atoms. The zero-order valence-electron chi connectivity index (χ0n) is 10.2. The SMILES string of the molecule is CCc1cccc(C)c1NC(=O)C(C)(C)Br. The van der Waals surface area contributed by atoms with E-state index < -0.39 is 4.32 Å². The Kier molecular flexibility index (Phi) is 4.14. The lowest BCUT2D eigenvalue weighted by Gasteiger charge is -2.19. The molecule has 16 heavy (non-hydrogen) atoms. The number of halogens is 1. The zero-order chi connectivity index (χ0) is 12.3. The molecule has 0 saturated heterocycles. The fourth-order valence-electron chi connectivity index (χ4n) is 1.46. The van der Waals surface area contributed by atoms with Crippen LogP contribution >= 0.6 is 15.9 Å². The van der Waals surface area contributed by atoms with E-state index in [1.165, 1.54) is 5.56 Å². The van der Waals surface area contributed by atoms with Crippen LogP contribution in [0.1, 0.15) is 31.9 Å². The fourth-order valence-corrected chi connectivity index (χ4v) is 1.56. The predicted octanol–water partition coefficient (Wildman–Crippen LogP) is 3.67. The number of nitrogens with one attached hydrogen (secondary N) is 1. The summed E-state index contributed by atoms with van der Waals surface area (Å²) in [7, 11) is 0. The molecule has 1 aromatic rings. The van der Waals surface area contributed by atoms with Crippen molar-refractivity contribution in [1.82, 2.24) is 0 Å². The molecular formula is C13H18BrNO. The van der Waals surface area contributed by atoms with Gasteiger partial charge in [0.15, 0.2) is 0 Å². The van der Waals surface area contributed by atoms with Crippen molar-refractivity contribution in [3.8, 4) is 0 Å². The second kappa shape index (κ2) is 5.00. The lowest BCUT2D eigenvalue weighted by atomic mass is 10.0. The molecule has 0 saturated carbocycles. The highest BCUT2D eigenvalue weighted by Gasteiger charge is 2.24. The van der Waals surface area contributed by atoms with E-state index in [2.05, 4.69) is 28.2 Å². The lowest BCUT2D eigenvalue weighted by Crippen LogP contribution is -2.31. The van der Waals surface area contributed by atoms with Crippen molar-refractivity contribution in [2.75, 3.05) is 5.32 Å². The van der Waals surface area contributed by atoms with Gasteiger partial charge in [-0.15, -0.1) is 0 Å². The van der Waals surface area contributed by atoms with Crippen molar-refractivity contribution in [3.63, 3.8) is 0 Å². The summed E-state index contributed by atoms with van der Waals surface area (Å²) in [6.45, 7) is 7.78. The molecule has 0 bridgehead atoms. The Hall–Kier alpha value is -0.830. The molecule has 1 amide bonds. The van der Waals surface area contributed by atoms with E-state index in [1.807, 2.05) is 39.0 Å². The molecule has 0 heterocycles. The summed E-state index contributed by atoms with van der Waals surface area (Å²) < 4.78 is -0.541. The third-order valence-corrected chi connectivity index (χ3v) is 2.88. The summed E-state index contributed by atoms with van der Waals surface area (Å²) in [6.07, 6.45) is 0.917. The third kappa shape index (κ3) is 3.08. The highest BCUT2D eigenvalue weighted by molar-refractivity contribution is 9.10. The van der Waals surface area contributed by atoms with Gasteiger partial charge < -0.3 is 5.32 Å². The number of hydrogen-bond donors (Lipinski definition) is 1. The third-order valence-electron chi connectivity index (χ3n) is 2.52. The first-order valence-electron chi connectivity index (χ1n) is 5.45. The van der Waals surface area contributed by atoms with Crippen LogP contribution in [0.25, 0.3) is 0 Å². The highest BCUT2D eigenvalue weighted by atomic mass is 79.9. The smallest absolute Gasteiger partial charge is 0.240 e. The monoisotopic (exact) mass is 283 g/mol. The summed E-state index contributed by atoms with van der Waals surface area (Å²) in [5.41, 5.74) is 3.22. The highest BCUT2D eigenvalue weighted by Crippen LogP contribution is 2.24. The largest absolute Gasteiger partial charge is 0.324 e. The molecule has 2 nitrogen and oxygen atoms in total. The second-order valence-corrected chi connectivity index (χ2v) is 6.37. The van der Waals surface area contributed by atoms with E-state index in [-0.39, 0.29) is 5.91 Å². The van der Waals surface area contributed by atoms with Gasteiger partial charge in [-0.1, -0.05) is 41.1 Å². The van der Waals surface area contributed by atoms with E-state index in [9.17, 15) is 4.79 Å². The summed E-state index contributed by atoms with van der Waals surface area (Å²) in [6, 6.07) is 6.07. The predicted molar refractivity (Wildman–Crippen MR) is 72.2 cm³/mol. The summed E-state index contributed by atoms with van der Waals surface area (Å²) in [4.78, 5) is 11.9. The summed E-state index contributed by atoms with van der Waals surface area (Å²) in [5, 5.41) is 2.98. The molecule has 0 fully saturated rings. The van der Waals surface area contributed by atoms with Gasteiger partial charge >= 0.3 is 0 Å². The number of carbonyl (C=O) groups excluding carboxylic acids is 1. The first-order valence-corrected chi connectivity index (χ1v) is 6.24. The molecule has 0 aromatic heterocycles. The van der Waals surface area contributed by atoms with Crippen molar-refractivity contribution >= 4 is 27.5 Å². The average Bonchev–Trinajstić information content (AvgIpc) is 2.19. The molecular weight excluding hydrogens is 266 g/mol. The Morgan fingerprint density at radius 3 is 2.56 bits per heavy atom. The van der Waals surface area contributed by atoms with Gasteiger partial charge in [0.1, 0.15) is 0 Å². The molecule has 0 aliphatic rings. The van der Waals surface area contributed by atoms with Gasteiger partial charge in [-0.05, 0) is 38.3 Å². The Morgan fingerprint density at radius 1 is 1.44 bits per heavy atom. The molecule has 88 valence electrons. The number of amides is 1. The Labute approximate surface area is 106 Å². The number of para-hydroxylation sites is 1. The van der Waals surface area contributed by atoms with Crippen molar-refractivity contribution in [1.29, 1.82) is 0 Å². The molecule has 0 aliphatic heterocycles. The van der Waals surface area contributed by atoms with E-state index >= 15 is 0 Å². The minimum Gasteiger partial charge on any atom is -0.324 e. The minimum absolute atomic E-state index is 0.0171. The Bertz CT molecular complexity index is 393. The number of alkyl halides is 1. The summed E-state index contributed by atoms with van der Waals surface area (Å²) in [5.74, 6) is -0.0171. The molecule has 1 rings (SSSR count). The normalized spacial score (nSPS) is 11.3. The number of aryl methyl sites for hydroxylation is 2. The first-order chi connectivity index (χ1) is 7.36. The van der Waals surface area contributed by atoms with Crippen LogP contribution in [0.2, 0.25) is 0 Å². The van der Waals surface area contributed by atoms with Crippen LogP contribution in [0.5, 0.6) is 0 Å². The van der Waals surface area contributed by atoms with E-state index in [0.717, 1.165) is 17.7 Å². The molecule has 0 atom stereocenters. The topological polar surface area (TPSA) is 29.1 Å². The first kappa shape index (κ1) is 13.2. The van der Waals surface area contributed by atoms with Gasteiger partial charge in [-0.25, -0.2) is 0 Å². The number of anilines is 1. The van der Waals surface area contributed by atoms with E-state index in [1.54, 1.807) is 0 Å². The molecule has 3 heteroatoms. The van der Waals surface area contributed by atoms with Crippen LogP contribution in [-0.2, 0) is 11.2 Å². The van der Waals surface area contributed by atoms with Crippen LogP contribution in [0.15, 0.2) is 18.2 Å². The van der Waals surface area contributed by atoms with E-state index in [4.69, 9.17) is 0 Å². The standard InChI is InChI=1S/C13H18BrNO/c1-5-10-8-6-7-9(2)11(10)15-12(16)13(3,4)14/h6-8H,5H2,1-4H3,(H,15,16). The van der Waals surface area contributed by atoms with Gasteiger partial charge in [-0.3, -0.25) is 4.79 Å². The van der Waals surface area contributed by atoms with Crippen LogP contribution in [0.3, 0.4) is 0 Å². The van der Waals surface area contributed by atoms with Crippen molar-refractivity contribution in [3.05, 3.63) is 29.3 Å². The van der Waals surface area contributed by atoms with Crippen molar-refractivity contribution in [2.24, 2.45) is 0 Å². The maximum absolute atomic E-state index is 11.9. The minimum atomic E-state index is -0.541. The van der Waals surface area contributed by atoms with Crippen LogP contribution in [0.4, 0.5) is 5.69 Å². The Balaban J connectivity index is 3.01. The average molecular weight is 284 g/mol. The van der Waals surface area contributed by atoms with Gasteiger partial charge in [0.2, 0.25) is 5.91 Å². The summed E-state index contributed by atoms with van der Waals surface area (Å²) >= 11 is 3.36.